The van der Waals surface area contributed by atoms with Crippen LogP contribution in [0.1, 0.15) is 50.0 Å². The Bertz CT molecular complexity index is 330. The van der Waals surface area contributed by atoms with Crippen molar-refractivity contribution in [2.45, 2.75) is 45.1 Å². The summed E-state index contributed by atoms with van der Waals surface area (Å²) in [6.07, 6.45) is 4.72. The predicted molar refractivity (Wildman–Crippen MR) is 65.7 cm³/mol. The van der Waals surface area contributed by atoms with E-state index in [-0.39, 0.29) is 12.5 Å². The molecular formula is C12H21N3O2. The average Bonchev–Trinajstić information content (AvgIpc) is 2.80. The van der Waals surface area contributed by atoms with Gasteiger partial charge in [-0.15, -0.1) is 0 Å². The highest BCUT2D eigenvalue weighted by atomic mass is 16.3. The van der Waals surface area contributed by atoms with Gasteiger partial charge in [0.25, 0.3) is 5.91 Å². The van der Waals surface area contributed by atoms with Gasteiger partial charge in [0.1, 0.15) is 5.69 Å². The van der Waals surface area contributed by atoms with E-state index in [0.717, 1.165) is 12.8 Å². The van der Waals surface area contributed by atoms with Crippen LogP contribution in [-0.4, -0.2) is 33.4 Å². The molecule has 1 aromatic rings. The quantitative estimate of drug-likeness (QED) is 0.674. The van der Waals surface area contributed by atoms with E-state index in [0.29, 0.717) is 18.5 Å². The van der Waals surface area contributed by atoms with Crippen molar-refractivity contribution in [3.8, 4) is 0 Å². The van der Waals surface area contributed by atoms with Gasteiger partial charge in [-0.2, -0.15) is 5.10 Å². The lowest BCUT2D eigenvalue weighted by atomic mass is 9.92. The number of aliphatic hydroxyl groups is 1. The number of carbonyl (C=O) groups is 1. The highest BCUT2D eigenvalue weighted by molar-refractivity contribution is 5.92. The predicted octanol–water partition coefficient (Wildman–Crippen LogP) is 1.47. The fourth-order valence-corrected chi connectivity index (χ4v) is 1.95. The van der Waals surface area contributed by atoms with Crippen LogP contribution in [0.2, 0.25) is 0 Å². The summed E-state index contributed by atoms with van der Waals surface area (Å²) >= 11 is 0. The first kappa shape index (κ1) is 13.7. The molecule has 1 heterocycles. The zero-order valence-electron chi connectivity index (χ0n) is 10.5. The molecule has 5 nitrogen and oxygen atoms in total. The summed E-state index contributed by atoms with van der Waals surface area (Å²) in [5.74, 6) is -0.229. The van der Waals surface area contributed by atoms with Crippen molar-refractivity contribution in [1.29, 1.82) is 0 Å². The van der Waals surface area contributed by atoms with E-state index in [2.05, 4.69) is 15.5 Å². The van der Waals surface area contributed by atoms with Crippen LogP contribution in [0.4, 0.5) is 0 Å². The number of amides is 1. The number of hydrogen-bond acceptors (Lipinski definition) is 3. The number of rotatable bonds is 7. The van der Waals surface area contributed by atoms with Gasteiger partial charge in [0, 0.05) is 12.7 Å². The Labute approximate surface area is 102 Å². The molecule has 0 aliphatic heterocycles. The van der Waals surface area contributed by atoms with E-state index in [1.807, 2.05) is 13.8 Å². The van der Waals surface area contributed by atoms with Gasteiger partial charge in [0.15, 0.2) is 0 Å². The lowest BCUT2D eigenvalue weighted by Crippen LogP contribution is -2.42. The first-order valence-corrected chi connectivity index (χ1v) is 6.11. The highest BCUT2D eigenvalue weighted by Gasteiger charge is 2.25. The van der Waals surface area contributed by atoms with Crippen LogP contribution >= 0.6 is 0 Å². The molecule has 0 atom stereocenters. The molecule has 5 heteroatoms. The molecule has 1 aromatic heterocycles. The maximum absolute atomic E-state index is 11.7. The SMILES string of the molecule is CCCC(O)(CCC)CNC(=O)c1ccn[nH]1. The molecule has 0 unspecified atom stereocenters. The molecule has 17 heavy (non-hydrogen) atoms. The van der Waals surface area contributed by atoms with Gasteiger partial charge in [0.05, 0.1) is 5.60 Å². The minimum Gasteiger partial charge on any atom is -0.388 e. The van der Waals surface area contributed by atoms with Gasteiger partial charge in [-0.25, -0.2) is 0 Å². The molecule has 0 bridgehead atoms. The molecule has 0 fully saturated rings. The topological polar surface area (TPSA) is 78.0 Å². The van der Waals surface area contributed by atoms with Crippen LogP contribution < -0.4 is 5.32 Å². The Morgan fingerprint density at radius 1 is 1.47 bits per heavy atom. The standard InChI is InChI=1S/C12H21N3O2/c1-3-6-12(17,7-4-2)9-13-11(16)10-5-8-14-15-10/h5,8,17H,3-4,6-7,9H2,1-2H3,(H,13,16)(H,14,15). The summed E-state index contributed by atoms with van der Waals surface area (Å²) in [5, 5.41) is 19.4. The Balaban J connectivity index is 2.49. The van der Waals surface area contributed by atoms with Gasteiger partial charge in [-0.05, 0) is 18.9 Å². The van der Waals surface area contributed by atoms with Crippen molar-refractivity contribution < 1.29 is 9.90 Å². The molecular weight excluding hydrogens is 218 g/mol. The number of hydrogen-bond donors (Lipinski definition) is 3. The monoisotopic (exact) mass is 239 g/mol. The summed E-state index contributed by atoms with van der Waals surface area (Å²) in [5.41, 5.74) is -0.375. The fraction of sp³-hybridized carbons (Fsp3) is 0.667. The molecule has 0 aliphatic rings. The van der Waals surface area contributed by atoms with Crippen LogP contribution in [0.15, 0.2) is 12.3 Å². The Kier molecular flexibility index (Phi) is 5.15. The van der Waals surface area contributed by atoms with E-state index in [1.165, 1.54) is 6.20 Å². The second kappa shape index (κ2) is 6.39. The first-order chi connectivity index (χ1) is 8.11. The van der Waals surface area contributed by atoms with E-state index in [9.17, 15) is 9.90 Å². The normalized spacial score (nSPS) is 11.5. The van der Waals surface area contributed by atoms with E-state index >= 15 is 0 Å². The molecule has 0 aliphatic carbocycles. The third kappa shape index (κ3) is 4.19. The van der Waals surface area contributed by atoms with Crippen LogP contribution in [-0.2, 0) is 0 Å². The van der Waals surface area contributed by atoms with Gasteiger partial charge >= 0.3 is 0 Å². The van der Waals surface area contributed by atoms with E-state index in [4.69, 9.17) is 0 Å². The molecule has 1 amide bonds. The number of aromatic amines is 1. The van der Waals surface area contributed by atoms with Crippen molar-refractivity contribution in [2.24, 2.45) is 0 Å². The summed E-state index contributed by atoms with van der Waals surface area (Å²) < 4.78 is 0. The second-order valence-electron chi connectivity index (χ2n) is 4.38. The zero-order chi connectivity index (χ0) is 12.7. The van der Waals surface area contributed by atoms with E-state index < -0.39 is 5.60 Å². The average molecular weight is 239 g/mol. The van der Waals surface area contributed by atoms with Crippen molar-refractivity contribution in [3.05, 3.63) is 18.0 Å². The minimum absolute atomic E-state index is 0.229. The Hall–Kier alpha value is -1.36. The molecule has 96 valence electrons. The van der Waals surface area contributed by atoms with Crippen LogP contribution in [0, 0.1) is 0 Å². The van der Waals surface area contributed by atoms with E-state index in [1.54, 1.807) is 6.07 Å². The van der Waals surface area contributed by atoms with Crippen LogP contribution in [0.5, 0.6) is 0 Å². The Morgan fingerprint density at radius 3 is 2.59 bits per heavy atom. The summed E-state index contributed by atoms with van der Waals surface area (Å²) in [7, 11) is 0. The maximum atomic E-state index is 11.7. The number of carbonyl (C=O) groups excluding carboxylic acids is 1. The van der Waals surface area contributed by atoms with Gasteiger partial charge in [0.2, 0.25) is 0 Å². The molecule has 0 radical (unpaired) electrons. The van der Waals surface area contributed by atoms with Gasteiger partial charge in [-0.3, -0.25) is 9.89 Å². The summed E-state index contributed by atoms with van der Waals surface area (Å²) in [6, 6.07) is 1.61. The molecule has 3 N–H and O–H groups in total. The second-order valence-corrected chi connectivity index (χ2v) is 4.38. The van der Waals surface area contributed by atoms with Crippen LogP contribution in [0.3, 0.4) is 0 Å². The third-order valence-electron chi connectivity index (χ3n) is 2.75. The maximum Gasteiger partial charge on any atom is 0.269 e. The molecule has 1 rings (SSSR count). The molecule has 0 spiro atoms. The lowest BCUT2D eigenvalue weighted by molar-refractivity contribution is 0.0212. The fourth-order valence-electron chi connectivity index (χ4n) is 1.95. The molecule has 0 saturated heterocycles. The number of aromatic nitrogens is 2. The minimum atomic E-state index is -0.792. The molecule has 0 aromatic carbocycles. The summed E-state index contributed by atoms with van der Waals surface area (Å²) in [4.78, 5) is 11.7. The third-order valence-corrected chi connectivity index (χ3v) is 2.75. The van der Waals surface area contributed by atoms with Crippen molar-refractivity contribution in [3.63, 3.8) is 0 Å². The van der Waals surface area contributed by atoms with Gasteiger partial charge < -0.3 is 10.4 Å². The first-order valence-electron chi connectivity index (χ1n) is 6.11. The number of nitrogens with zero attached hydrogens (tertiary/aromatic N) is 1. The Morgan fingerprint density at radius 2 is 2.12 bits per heavy atom. The largest absolute Gasteiger partial charge is 0.388 e. The van der Waals surface area contributed by atoms with Gasteiger partial charge in [-0.1, -0.05) is 26.7 Å². The van der Waals surface area contributed by atoms with Crippen LogP contribution in [0.25, 0.3) is 0 Å². The number of nitrogens with one attached hydrogen (secondary N) is 2. The van der Waals surface area contributed by atoms with Crippen molar-refractivity contribution in [1.82, 2.24) is 15.5 Å². The summed E-state index contributed by atoms with van der Waals surface area (Å²) in [6.45, 7) is 4.33. The lowest BCUT2D eigenvalue weighted by Gasteiger charge is -2.27. The highest BCUT2D eigenvalue weighted by Crippen LogP contribution is 2.18. The number of H-pyrrole nitrogens is 1. The molecule has 0 saturated carbocycles. The van der Waals surface area contributed by atoms with Crippen molar-refractivity contribution >= 4 is 5.91 Å². The zero-order valence-corrected chi connectivity index (χ0v) is 10.5. The smallest absolute Gasteiger partial charge is 0.269 e. The van der Waals surface area contributed by atoms with Crippen molar-refractivity contribution in [2.75, 3.05) is 6.54 Å².